The molecule has 3 amide bonds. The first kappa shape index (κ1) is 11.8. The fourth-order valence-corrected chi connectivity index (χ4v) is 1.78. The lowest BCUT2D eigenvalue weighted by atomic mass is 10.2. The van der Waals surface area contributed by atoms with Crippen LogP contribution < -0.4 is 5.32 Å². The summed E-state index contributed by atoms with van der Waals surface area (Å²) in [5, 5.41) is 2.49. The summed E-state index contributed by atoms with van der Waals surface area (Å²) in [4.78, 5) is 35.1. The van der Waals surface area contributed by atoms with E-state index in [0.29, 0.717) is 26.1 Å². The van der Waals surface area contributed by atoms with E-state index >= 15 is 0 Å². The minimum absolute atomic E-state index is 0.315. The van der Waals surface area contributed by atoms with Crippen LogP contribution in [0.1, 0.15) is 12.8 Å². The van der Waals surface area contributed by atoms with Crippen LogP contribution in [0.4, 0.5) is 4.79 Å². The Morgan fingerprint density at radius 3 is 2.94 bits per heavy atom. The van der Waals surface area contributed by atoms with Gasteiger partial charge in [-0.2, -0.15) is 0 Å². The maximum atomic E-state index is 11.5. The van der Waals surface area contributed by atoms with E-state index in [4.69, 9.17) is 9.47 Å². The smallest absolute Gasteiger partial charge is 0.335 e. The van der Waals surface area contributed by atoms with Gasteiger partial charge in [0, 0.05) is 19.7 Å². The fraction of sp³-hybridized carbons (Fsp3) is 0.700. The molecular weight excluding hydrogens is 228 g/mol. The monoisotopic (exact) mass is 242 g/mol. The molecule has 0 aromatic heterocycles. The highest BCUT2D eigenvalue weighted by molar-refractivity contribution is 5.97. The molecule has 0 radical (unpaired) electrons. The average molecular weight is 242 g/mol. The Balaban J connectivity index is 1.75. The molecule has 0 saturated carbocycles. The van der Waals surface area contributed by atoms with Crippen LogP contribution in [0.15, 0.2) is 0 Å². The van der Waals surface area contributed by atoms with Gasteiger partial charge in [-0.1, -0.05) is 0 Å². The third-order valence-electron chi connectivity index (χ3n) is 2.69. The number of esters is 1. The summed E-state index contributed by atoms with van der Waals surface area (Å²) in [6, 6.07) is -0.442. The molecular formula is C10H14N2O5. The van der Waals surface area contributed by atoms with Gasteiger partial charge in [0.25, 0.3) is 5.91 Å². The number of imide groups is 1. The Labute approximate surface area is 98.0 Å². The predicted molar refractivity (Wildman–Crippen MR) is 55.0 cm³/mol. The zero-order valence-corrected chi connectivity index (χ0v) is 9.31. The van der Waals surface area contributed by atoms with Gasteiger partial charge < -0.3 is 14.8 Å². The lowest BCUT2D eigenvalue weighted by molar-refractivity contribution is -0.158. The molecule has 0 unspecified atom stereocenters. The van der Waals surface area contributed by atoms with Crippen molar-refractivity contribution in [3.8, 4) is 0 Å². The lowest BCUT2D eigenvalue weighted by Gasteiger charge is -2.13. The number of hydrogen-bond donors (Lipinski definition) is 1. The maximum Gasteiger partial charge on any atom is 0.335 e. The molecule has 94 valence electrons. The molecule has 0 bridgehead atoms. The van der Waals surface area contributed by atoms with Crippen molar-refractivity contribution in [3.63, 3.8) is 0 Å². The summed E-state index contributed by atoms with van der Waals surface area (Å²) >= 11 is 0. The molecule has 1 N–H and O–H groups in total. The van der Waals surface area contributed by atoms with E-state index in [1.165, 1.54) is 0 Å². The molecule has 7 nitrogen and oxygen atoms in total. The van der Waals surface area contributed by atoms with Crippen molar-refractivity contribution in [1.29, 1.82) is 0 Å². The second-order valence-corrected chi connectivity index (χ2v) is 3.89. The fourth-order valence-electron chi connectivity index (χ4n) is 1.78. The first-order valence-electron chi connectivity index (χ1n) is 5.55. The van der Waals surface area contributed by atoms with Crippen LogP contribution in [-0.2, 0) is 19.1 Å². The van der Waals surface area contributed by atoms with E-state index in [1.807, 2.05) is 0 Å². The number of nitrogens with zero attached hydrogens (tertiary/aromatic N) is 1. The zero-order chi connectivity index (χ0) is 12.3. The number of amides is 3. The van der Waals surface area contributed by atoms with E-state index in [0.717, 1.165) is 11.3 Å². The van der Waals surface area contributed by atoms with Gasteiger partial charge in [0.15, 0.2) is 12.7 Å². The average Bonchev–Trinajstić information content (AvgIpc) is 2.95. The topological polar surface area (TPSA) is 84.9 Å². The van der Waals surface area contributed by atoms with Crippen LogP contribution in [-0.4, -0.2) is 55.2 Å². The minimum atomic E-state index is -0.560. The molecule has 0 spiro atoms. The molecule has 17 heavy (non-hydrogen) atoms. The first-order chi connectivity index (χ1) is 8.18. The second kappa shape index (κ2) is 5.13. The lowest BCUT2D eigenvalue weighted by Crippen LogP contribution is -2.38. The van der Waals surface area contributed by atoms with Crippen LogP contribution in [0.3, 0.4) is 0 Å². The molecule has 1 atom stereocenters. The van der Waals surface area contributed by atoms with Crippen molar-refractivity contribution >= 4 is 17.9 Å². The van der Waals surface area contributed by atoms with Gasteiger partial charge in [0.1, 0.15) is 0 Å². The number of carbonyl (C=O) groups is 3. The van der Waals surface area contributed by atoms with E-state index in [2.05, 4.69) is 5.32 Å². The number of hydrogen-bond acceptors (Lipinski definition) is 5. The van der Waals surface area contributed by atoms with Crippen molar-refractivity contribution < 1.29 is 23.9 Å². The highest BCUT2D eigenvalue weighted by atomic mass is 16.6. The van der Waals surface area contributed by atoms with E-state index in [9.17, 15) is 14.4 Å². The third kappa shape index (κ3) is 2.73. The van der Waals surface area contributed by atoms with E-state index < -0.39 is 30.6 Å². The molecule has 2 aliphatic rings. The van der Waals surface area contributed by atoms with Crippen molar-refractivity contribution in [1.82, 2.24) is 10.2 Å². The van der Waals surface area contributed by atoms with Crippen molar-refractivity contribution in [2.75, 3.05) is 26.3 Å². The molecule has 2 heterocycles. The molecule has 0 aromatic rings. The maximum absolute atomic E-state index is 11.5. The third-order valence-corrected chi connectivity index (χ3v) is 2.69. The quantitative estimate of drug-likeness (QED) is 0.659. The molecule has 0 aromatic carbocycles. The summed E-state index contributed by atoms with van der Waals surface area (Å²) < 4.78 is 9.93. The Bertz CT molecular complexity index is 338. The zero-order valence-electron chi connectivity index (χ0n) is 9.31. The molecule has 2 saturated heterocycles. The number of nitrogens with one attached hydrogen (secondary N) is 1. The summed E-state index contributed by atoms with van der Waals surface area (Å²) in [5.41, 5.74) is 0. The second-order valence-electron chi connectivity index (χ2n) is 3.89. The van der Waals surface area contributed by atoms with Gasteiger partial charge in [-0.25, -0.2) is 9.59 Å². The number of rotatable bonds is 3. The minimum Gasteiger partial charge on any atom is -0.454 e. The molecule has 0 aliphatic carbocycles. The van der Waals surface area contributed by atoms with Gasteiger partial charge in [0.05, 0.1) is 0 Å². The van der Waals surface area contributed by atoms with Crippen LogP contribution in [0.5, 0.6) is 0 Å². The summed E-state index contributed by atoms with van der Waals surface area (Å²) in [6.45, 7) is 0.883. The Kier molecular flexibility index (Phi) is 3.58. The van der Waals surface area contributed by atoms with Crippen LogP contribution in [0, 0.1) is 0 Å². The van der Waals surface area contributed by atoms with Crippen LogP contribution in [0.25, 0.3) is 0 Å². The molecule has 7 heteroatoms. The highest BCUT2D eigenvalue weighted by Crippen LogP contribution is 2.13. The summed E-state index contributed by atoms with van der Waals surface area (Å²) in [6.07, 6.45) is 0.884. The van der Waals surface area contributed by atoms with Crippen molar-refractivity contribution in [2.24, 2.45) is 0 Å². The van der Waals surface area contributed by atoms with Crippen molar-refractivity contribution in [2.45, 2.75) is 18.9 Å². The molecule has 2 rings (SSSR count). The first-order valence-corrected chi connectivity index (χ1v) is 5.55. The van der Waals surface area contributed by atoms with Gasteiger partial charge in [-0.15, -0.1) is 0 Å². The number of urea groups is 1. The standard InChI is InChI=1S/C10H14N2O5/c13-8(12-4-3-11-10(12)15)6-17-9(14)7-2-1-5-16-7/h7H,1-6H2,(H,11,15)/t7-/m0/s1. The Morgan fingerprint density at radius 1 is 1.53 bits per heavy atom. The van der Waals surface area contributed by atoms with E-state index in [-0.39, 0.29) is 0 Å². The SMILES string of the molecule is O=C(OCC(=O)N1CCNC1=O)[C@@H]1CCCO1. The molecule has 2 fully saturated rings. The van der Waals surface area contributed by atoms with E-state index in [1.54, 1.807) is 0 Å². The Hall–Kier alpha value is -1.63. The summed E-state index contributed by atoms with van der Waals surface area (Å²) in [5.74, 6) is -1.04. The van der Waals surface area contributed by atoms with Crippen molar-refractivity contribution in [3.05, 3.63) is 0 Å². The summed E-state index contributed by atoms with van der Waals surface area (Å²) in [7, 11) is 0. The predicted octanol–water partition coefficient (Wildman–Crippen LogP) is -0.740. The van der Waals surface area contributed by atoms with Gasteiger partial charge in [-0.05, 0) is 12.8 Å². The van der Waals surface area contributed by atoms with Crippen LogP contribution in [0.2, 0.25) is 0 Å². The van der Waals surface area contributed by atoms with Gasteiger partial charge >= 0.3 is 12.0 Å². The normalized spacial score (nSPS) is 23.6. The van der Waals surface area contributed by atoms with Gasteiger partial charge in [-0.3, -0.25) is 9.69 Å². The number of carbonyl (C=O) groups excluding carboxylic acids is 3. The van der Waals surface area contributed by atoms with Crippen LogP contribution >= 0.6 is 0 Å². The number of ether oxygens (including phenoxy) is 2. The Morgan fingerprint density at radius 2 is 2.35 bits per heavy atom. The van der Waals surface area contributed by atoms with Gasteiger partial charge in [0.2, 0.25) is 0 Å². The molecule has 2 aliphatic heterocycles. The highest BCUT2D eigenvalue weighted by Gasteiger charge is 2.29. The largest absolute Gasteiger partial charge is 0.454 e.